The van der Waals surface area contributed by atoms with Gasteiger partial charge in [0.15, 0.2) is 0 Å². The van der Waals surface area contributed by atoms with Crippen molar-refractivity contribution >= 4 is 35.0 Å². The summed E-state index contributed by atoms with van der Waals surface area (Å²) in [5, 5.41) is 0. The van der Waals surface area contributed by atoms with Gasteiger partial charge >= 0.3 is 0 Å². The number of nitrogens with zero attached hydrogens (tertiary/aromatic N) is 2. The number of rotatable bonds is 2. The van der Waals surface area contributed by atoms with Gasteiger partial charge < -0.3 is 9.80 Å². The highest BCUT2D eigenvalue weighted by molar-refractivity contribution is 6.53. The lowest BCUT2D eigenvalue weighted by molar-refractivity contribution is -0.161. The molecule has 6 aliphatic rings. The third-order valence-corrected chi connectivity index (χ3v) is 9.18. The first-order chi connectivity index (χ1) is 12.2. The molecule has 0 spiro atoms. The monoisotopic (exact) mass is 398 g/mol. The number of hydrogen-bond donors (Lipinski definition) is 0. The fraction of sp³-hybridized carbons (Fsp3) is 0.900. The van der Waals surface area contributed by atoms with E-state index in [0.717, 1.165) is 37.0 Å². The molecule has 1 saturated heterocycles. The van der Waals surface area contributed by atoms with Gasteiger partial charge in [0.25, 0.3) is 0 Å². The average molecular weight is 399 g/mol. The van der Waals surface area contributed by atoms with Crippen molar-refractivity contribution in [2.45, 2.75) is 56.2 Å². The molecule has 1 atom stereocenters. The Bertz CT molecular complexity index is 621. The van der Waals surface area contributed by atoms with Crippen LogP contribution < -0.4 is 0 Å². The van der Waals surface area contributed by atoms with Crippen LogP contribution in [0.4, 0.5) is 0 Å². The molecule has 0 aromatic heterocycles. The van der Waals surface area contributed by atoms with Crippen molar-refractivity contribution in [2.24, 2.45) is 28.6 Å². The maximum atomic E-state index is 13.4. The van der Waals surface area contributed by atoms with E-state index >= 15 is 0 Å². The predicted molar refractivity (Wildman–Crippen MR) is 101 cm³/mol. The highest BCUT2D eigenvalue weighted by Crippen LogP contribution is 2.64. The Hall–Kier alpha value is -0.480. The summed E-state index contributed by atoms with van der Waals surface area (Å²) in [7, 11) is 0. The summed E-state index contributed by atoms with van der Waals surface area (Å²) >= 11 is 12.3. The molecule has 5 saturated carbocycles. The molecule has 6 rings (SSSR count). The number of amides is 2. The zero-order valence-electron chi connectivity index (χ0n) is 15.5. The van der Waals surface area contributed by atoms with Crippen molar-refractivity contribution in [3.8, 4) is 0 Å². The summed E-state index contributed by atoms with van der Waals surface area (Å²) in [4.78, 5) is 30.1. The summed E-state index contributed by atoms with van der Waals surface area (Å²) in [6, 6.07) is 0. The minimum atomic E-state index is -0.920. The number of piperazine rings is 1. The van der Waals surface area contributed by atoms with Gasteiger partial charge in [0.2, 0.25) is 11.8 Å². The first-order valence-electron chi connectivity index (χ1n) is 10.2. The predicted octanol–water partition coefficient (Wildman–Crippen LogP) is 3.46. The van der Waals surface area contributed by atoms with Gasteiger partial charge in [0, 0.05) is 26.2 Å². The molecule has 2 amide bonds. The lowest BCUT2D eigenvalue weighted by Crippen LogP contribution is -2.59. The van der Waals surface area contributed by atoms with Crippen molar-refractivity contribution in [3.05, 3.63) is 0 Å². The quantitative estimate of drug-likeness (QED) is 0.668. The van der Waals surface area contributed by atoms with Crippen molar-refractivity contribution < 1.29 is 9.59 Å². The number of halogens is 2. The minimum absolute atomic E-state index is 0.0457. The summed E-state index contributed by atoms with van der Waals surface area (Å²) in [5.74, 6) is 2.77. The van der Waals surface area contributed by atoms with Crippen LogP contribution in [0.3, 0.4) is 0 Å². The van der Waals surface area contributed by atoms with Crippen molar-refractivity contribution in [1.82, 2.24) is 9.80 Å². The van der Waals surface area contributed by atoms with Gasteiger partial charge in [-0.1, -0.05) is 0 Å². The minimum Gasteiger partial charge on any atom is -0.339 e. The summed E-state index contributed by atoms with van der Waals surface area (Å²) in [6.07, 6.45) is 7.90. The van der Waals surface area contributed by atoms with E-state index in [2.05, 4.69) is 0 Å². The van der Waals surface area contributed by atoms with Crippen molar-refractivity contribution in [2.75, 3.05) is 26.2 Å². The van der Waals surface area contributed by atoms with Gasteiger partial charge in [0.1, 0.15) is 4.33 Å². The zero-order valence-corrected chi connectivity index (χ0v) is 17.0. The van der Waals surface area contributed by atoms with Gasteiger partial charge in [-0.2, -0.15) is 0 Å². The van der Waals surface area contributed by atoms with Gasteiger partial charge in [-0.3, -0.25) is 9.59 Å². The zero-order chi connectivity index (χ0) is 18.3. The molecular weight excluding hydrogens is 371 g/mol. The Morgan fingerprint density at radius 2 is 1.19 bits per heavy atom. The van der Waals surface area contributed by atoms with Crippen molar-refractivity contribution in [3.63, 3.8) is 0 Å². The summed E-state index contributed by atoms with van der Waals surface area (Å²) in [6.45, 7) is 4.37. The molecule has 0 radical (unpaired) electrons. The van der Waals surface area contributed by atoms with E-state index in [4.69, 9.17) is 23.2 Å². The van der Waals surface area contributed by atoms with Crippen LogP contribution in [0.15, 0.2) is 0 Å². The maximum Gasteiger partial charge on any atom is 0.231 e. The molecule has 1 unspecified atom stereocenters. The van der Waals surface area contributed by atoms with Crippen LogP contribution in [-0.4, -0.2) is 52.1 Å². The molecule has 5 aliphatic carbocycles. The van der Waals surface area contributed by atoms with Crippen LogP contribution in [0.2, 0.25) is 0 Å². The standard InChI is InChI=1S/C20H28Cl2N2O2/c1-18(12-20(18,21)22)16(25)23-2-4-24(5-3-23)17(26)19-9-13-6-14(10-19)8-15(7-13)11-19/h13-15H,2-12H2,1H3. The molecule has 0 aromatic carbocycles. The smallest absolute Gasteiger partial charge is 0.231 e. The highest BCUT2D eigenvalue weighted by atomic mass is 35.5. The summed E-state index contributed by atoms with van der Waals surface area (Å²) < 4.78 is -0.920. The van der Waals surface area contributed by atoms with E-state index in [1.807, 2.05) is 16.7 Å². The van der Waals surface area contributed by atoms with Gasteiger partial charge in [-0.15, -0.1) is 23.2 Å². The lowest BCUT2D eigenvalue weighted by atomic mass is 9.49. The second kappa shape index (κ2) is 5.53. The molecule has 6 fully saturated rings. The van der Waals surface area contributed by atoms with E-state index in [0.29, 0.717) is 38.5 Å². The molecule has 0 N–H and O–H groups in total. The fourth-order valence-electron chi connectivity index (χ4n) is 6.80. The van der Waals surface area contributed by atoms with E-state index in [1.54, 1.807) is 0 Å². The third kappa shape index (κ3) is 2.47. The molecule has 1 aliphatic heterocycles. The number of carbonyl (C=O) groups is 2. The molecule has 0 aromatic rings. The van der Waals surface area contributed by atoms with Crippen LogP contribution in [0.1, 0.15) is 51.9 Å². The van der Waals surface area contributed by atoms with Gasteiger partial charge in [0.05, 0.1) is 10.8 Å². The SMILES string of the molecule is CC1(C(=O)N2CCN(C(=O)C34CC5CC(CC(C5)C3)C4)CC2)CC1(Cl)Cl. The Kier molecular flexibility index (Phi) is 3.75. The first kappa shape index (κ1) is 17.6. The summed E-state index contributed by atoms with van der Waals surface area (Å²) in [5.41, 5.74) is -0.729. The average Bonchev–Trinajstić information content (AvgIpc) is 3.11. The van der Waals surface area contributed by atoms with Gasteiger partial charge in [-0.05, 0) is 69.6 Å². The molecule has 26 heavy (non-hydrogen) atoms. The number of carbonyl (C=O) groups excluding carboxylic acids is 2. The third-order valence-electron chi connectivity index (χ3n) is 8.08. The van der Waals surface area contributed by atoms with E-state index in [-0.39, 0.29) is 11.3 Å². The Balaban J connectivity index is 1.24. The number of alkyl halides is 2. The lowest BCUT2D eigenvalue weighted by Gasteiger charge is -2.57. The normalized spacial score (nSPS) is 45.7. The Labute approximate surface area is 165 Å². The van der Waals surface area contributed by atoms with E-state index in [1.165, 1.54) is 19.3 Å². The van der Waals surface area contributed by atoms with E-state index < -0.39 is 9.75 Å². The first-order valence-corrected chi connectivity index (χ1v) is 10.9. The van der Waals surface area contributed by atoms with Crippen LogP contribution in [0, 0.1) is 28.6 Å². The Morgan fingerprint density at radius 3 is 1.58 bits per heavy atom. The molecular formula is C20H28Cl2N2O2. The van der Waals surface area contributed by atoms with Crippen LogP contribution >= 0.6 is 23.2 Å². The fourth-order valence-corrected chi connectivity index (χ4v) is 7.50. The molecule has 4 nitrogen and oxygen atoms in total. The van der Waals surface area contributed by atoms with Crippen molar-refractivity contribution in [1.29, 1.82) is 0 Å². The van der Waals surface area contributed by atoms with Crippen LogP contribution in [0.25, 0.3) is 0 Å². The Morgan fingerprint density at radius 1 is 0.808 bits per heavy atom. The van der Waals surface area contributed by atoms with Crippen LogP contribution in [-0.2, 0) is 9.59 Å². The largest absolute Gasteiger partial charge is 0.339 e. The van der Waals surface area contributed by atoms with Crippen LogP contribution in [0.5, 0.6) is 0 Å². The highest BCUT2D eigenvalue weighted by Gasteiger charge is 2.68. The maximum absolute atomic E-state index is 13.4. The molecule has 4 bridgehead atoms. The second-order valence-electron chi connectivity index (χ2n) is 10.00. The molecule has 1 heterocycles. The van der Waals surface area contributed by atoms with Gasteiger partial charge in [-0.25, -0.2) is 0 Å². The van der Waals surface area contributed by atoms with E-state index in [9.17, 15) is 9.59 Å². The second-order valence-corrected chi connectivity index (χ2v) is 11.5. The molecule has 144 valence electrons. The topological polar surface area (TPSA) is 40.6 Å². The number of hydrogen-bond acceptors (Lipinski definition) is 2. The molecule has 6 heteroatoms.